The van der Waals surface area contributed by atoms with Crippen molar-refractivity contribution in [3.63, 3.8) is 0 Å². The minimum atomic E-state index is -3.72. The molecule has 0 radical (unpaired) electrons. The maximum Gasteiger partial charge on any atom is 0.244 e. The summed E-state index contributed by atoms with van der Waals surface area (Å²) in [5.41, 5.74) is 0.790. The second-order valence-electron chi connectivity index (χ2n) is 8.78. The van der Waals surface area contributed by atoms with E-state index in [1.165, 1.54) is 4.90 Å². The molecule has 174 valence electrons. The van der Waals surface area contributed by atoms with Crippen LogP contribution in [0.15, 0.2) is 60.7 Å². The Morgan fingerprint density at radius 1 is 0.969 bits per heavy atom. The van der Waals surface area contributed by atoms with Gasteiger partial charge in [-0.2, -0.15) is 0 Å². The molecule has 2 aromatic carbocycles. The quantitative estimate of drug-likeness (QED) is 0.624. The van der Waals surface area contributed by atoms with Crippen LogP contribution in [0.2, 0.25) is 0 Å². The molecule has 8 heteroatoms. The average Bonchev–Trinajstić information content (AvgIpc) is 2.71. The summed E-state index contributed by atoms with van der Waals surface area (Å²) in [6, 6.07) is 17.1. The summed E-state index contributed by atoms with van der Waals surface area (Å²) in [7, 11) is -3.72. The molecule has 1 atom stereocenters. The first kappa shape index (κ1) is 25.4. The monoisotopic (exact) mass is 459 g/mol. The van der Waals surface area contributed by atoms with E-state index >= 15 is 0 Å². The molecule has 0 aliphatic rings. The largest absolute Gasteiger partial charge is 0.350 e. The molecule has 0 unspecified atom stereocenters. The number of nitrogens with one attached hydrogen (secondary N) is 1. The van der Waals surface area contributed by atoms with E-state index in [4.69, 9.17) is 0 Å². The third kappa shape index (κ3) is 7.37. The smallest absolute Gasteiger partial charge is 0.244 e. The van der Waals surface area contributed by atoms with Crippen molar-refractivity contribution in [3.05, 3.63) is 66.2 Å². The third-order valence-corrected chi connectivity index (χ3v) is 5.94. The zero-order valence-corrected chi connectivity index (χ0v) is 20.2. The Morgan fingerprint density at radius 2 is 1.50 bits per heavy atom. The summed E-state index contributed by atoms with van der Waals surface area (Å²) in [4.78, 5) is 28.0. The molecule has 1 N–H and O–H groups in total. The van der Waals surface area contributed by atoms with Gasteiger partial charge in [-0.05, 0) is 44.9 Å². The molecular formula is C24H33N3O4S. The maximum absolute atomic E-state index is 13.5. The number of carbonyl (C=O) groups excluding carboxylic acids is 2. The average molecular weight is 460 g/mol. The fraction of sp³-hybridized carbons (Fsp3) is 0.417. The molecule has 0 fully saturated rings. The number of anilines is 1. The van der Waals surface area contributed by atoms with Crippen LogP contribution in [0.5, 0.6) is 0 Å². The highest BCUT2D eigenvalue weighted by molar-refractivity contribution is 7.92. The van der Waals surface area contributed by atoms with Gasteiger partial charge in [0.1, 0.15) is 12.6 Å². The highest BCUT2D eigenvalue weighted by Gasteiger charge is 2.32. The molecule has 0 bridgehead atoms. The number of rotatable bonds is 9. The Hall–Kier alpha value is -2.87. The highest BCUT2D eigenvalue weighted by Crippen LogP contribution is 2.19. The summed E-state index contributed by atoms with van der Waals surface area (Å²) in [6.45, 7) is 7.27. The number of benzene rings is 2. The minimum Gasteiger partial charge on any atom is -0.350 e. The van der Waals surface area contributed by atoms with Crippen molar-refractivity contribution < 1.29 is 18.0 Å². The molecule has 2 aromatic rings. The molecule has 0 spiro atoms. The number of para-hydroxylation sites is 1. The van der Waals surface area contributed by atoms with Gasteiger partial charge in [-0.1, -0.05) is 55.5 Å². The Kier molecular flexibility index (Phi) is 8.44. The Balaban J connectivity index is 2.40. The summed E-state index contributed by atoms with van der Waals surface area (Å²) >= 11 is 0. The van der Waals surface area contributed by atoms with E-state index in [-0.39, 0.29) is 12.5 Å². The van der Waals surface area contributed by atoms with Gasteiger partial charge in [0.05, 0.1) is 11.9 Å². The van der Waals surface area contributed by atoms with Crippen LogP contribution in [0.1, 0.15) is 39.7 Å². The number of carbonyl (C=O) groups is 2. The van der Waals surface area contributed by atoms with Crippen LogP contribution in [0.4, 0.5) is 5.69 Å². The van der Waals surface area contributed by atoms with Gasteiger partial charge in [0.25, 0.3) is 0 Å². The zero-order valence-electron chi connectivity index (χ0n) is 19.4. The van der Waals surface area contributed by atoms with Crippen LogP contribution in [-0.4, -0.2) is 49.5 Å². The van der Waals surface area contributed by atoms with Crippen LogP contribution in [0.3, 0.4) is 0 Å². The summed E-state index contributed by atoms with van der Waals surface area (Å²) < 4.78 is 26.0. The van der Waals surface area contributed by atoms with Crippen LogP contribution in [-0.2, 0) is 26.2 Å². The van der Waals surface area contributed by atoms with Gasteiger partial charge in [-0.15, -0.1) is 0 Å². The molecule has 2 amide bonds. The third-order valence-electron chi connectivity index (χ3n) is 4.80. The fourth-order valence-electron chi connectivity index (χ4n) is 3.36. The minimum absolute atomic E-state index is 0.197. The second kappa shape index (κ2) is 10.6. The van der Waals surface area contributed by atoms with E-state index in [1.54, 1.807) is 30.3 Å². The van der Waals surface area contributed by atoms with E-state index in [0.717, 1.165) is 16.1 Å². The van der Waals surface area contributed by atoms with E-state index < -0.39 is 34.1 Å². The molecule has 0 saturated carbocycles. The molecule has 7 nitrogen and oxygen atoms in total. The van der Waals surface area contributed by atoms with E-state index in [9.17, 15) is 18.0 Å². The van der Waals surface area contributed by atoms with E-state index in [2.05, 4.69) is 5.32 Å². The predicted octanol–water partition coefficient (Wildman–Crippen LogP) is 3.17. The van der Waals surface area contributed by atoms with Gasteiger partial charge >= 0.3 is 0 Å². The highest BCUT2D eigenvalue weighted by atomic mass is 32.2. The molecular weight excluding hydrogens is 426 g/mol. The predicted molar refractivity (Wildman–Crippen MR) is 128 cm³/mol. The van der Waals surface area contributed by atoms with Gasteiger partial charge < -0.3 is 10.2 Å². The van der Waals surface area contributed by atoms with Crippen molar-refractivity contribution in [3.8, 4) is 0 Å². The lowest BCUT2D eigenvalue weighted by atomic mass is 10.1. The lowest BCUT2D eigenvalue weighted by Gasteiger charge is -2.34. The molecule has 0 saturated heterocycles. The molecule has 0 aliphatic carbocycles. The molecule has 2 rings (SSSR count). The Morgan fingerprint density at radius 3 is 1.97 bits per heavy atom. The van der Waals surface area contributed by atoms with Gasteiger partial charge in [-0.3, -0.25) is 13.9 Å². The first-order valence-corrected chi connectivity index (χ1v) is 12.5. The Bertz CT molecular complexity index is 1000. The first-order valence-electron chi connectivity index (χ1n) is 10.6. The summed E-state index contributed by atoms with van der Waals surface area (Å²) in [5, 5.41) is 2.94. The molecule has 32 heavy (non-hydrogen) atoms. The van der Waals surface area contributed by atoms with E-state index in [1.807, 2.05) is 58.0 Å². The van der Waals surface area contributed by atoms with Crippen molar-refractivity contribution in [2.45, 2.75) is 52.2 Å². The van der Waals surface area contributed by atoms with Gasteiger partial charge in [0.15, 0.2) is 0 Å². The summed E-state index contributed by atoms with van der Waals surface area (Å²) in [6.07, 6.45) is 1.46. The van der Waals surface area contributed by atoms with Gasteiger partial charge in [-0.25, -0.2) is 8.42 Å². The van der Waals surface area contributed by atoms with Crippen molar-refractivity contribution in [1.29, 1.82) is 0 Å². The number of nitrogens with zero attached hydrogens (tertiary/aromatic N) is 2. The molecule has 0 aromatic heterocycles. The van der Waals surface area contributed by atoms with Gasteiger partial charge in [0.2, 0.25) is 21.8 Å². The fourth-order valence-corrected chi connectivity index (χ4v) is 4.21. The Labute approximate surface area is 191 Å². The maximum atomic E-state index is 13.5. The number of sulfonamides is 1. The number of hydrogen-bond donors (Lipinski definition) is 1. The van der Waals surface area contributed by atoms with Crippen molar-refractivity contribution in [1.82, 2.24) is 10.2 Å². The lowest BCUT2D eigenvalue weighted by molar-refractivity contribution is -0.141. The van der Waals surface area contributed by atoms with E-state index in [0.29, 0.717) is 12.1 Å². The van der Waals surface area contributed by atoms with Gasteiger partial charge in [0, 0.05) is 12.1 Å². The number of hydrogen-bond acceptors (Lipinski definition) is 4. The SMILES string of the molecule is CC[C@@H](C(=O)NC(C)(C)C)N(Cc1ccccc1)C(=O)CN(c1ccccc1)S(C)(=O)=O. The molecule has 0 aliphatic heterocycles. The van der Waals surface area contributed by atoms with Crippen LogP contribution < -0.4 is 9.62 Å². The number of amides is 2. The van der Waals surface area contributed by atoms with Crippen LogP contribution in [0.25, 0.3) is 0 Å². The van der Waals surface area contributed by atoms with Crippen molar-refractivity contribution in [2.75, 3.05) is 17.1 Å². The standard InChI is InChI=1S/C24H33N3O4S/c1-6-21(23(29)25-24(2,3)4)26(17-19-13-9-7-10-14-19)22(28)18-27(32(5,30)31)20-15-11-8-12-16-20/h7-16,21H,6,17-18H2,1-5H3,(H,25,29)/t21-/m0/s1. The first-order chi connectivity index (χ1) is 14.9. The zero-order chi connectivity index (χ0) is 23.9. The lowest BCUT2D eigenvalue weighted by Crippen LogP contribution is -2.55. The summed E-state index contributed by atoms with van der Waals surface area (Å²) in [5.74, 6) is -0.714. The van der Waals surface area contributed by atoms with Crippen molar-refractivity contribution in [2.24, 2.45) is 0 Å². The second-order valence-corrected chi connectivity index (χ2v) is 10.7. The van der Waals surface area contributed by atoms with Crippen LogP contribution in [0, 0.1) is 0 Å². The van der Waals surface area contributed by atoms with Crippen LogP contribution >= 0.6 is 0 Å². The normalized spacial score (nSPS) is 12.7. The topological polar surface area (TPSA) is 86.8 Å². The molecule has 0 heterocycles. The van der Waals surface area contributed by atoms with Crippen molar-refractivity contribution >= 4 is 27.5 Å².